The molecule has 4 heteroatoms. The van der Waals surface area contributed by atoms with Crippen LogP contribution in [0.1, 0.15) is 31.4 Å². The van der Waals surface area contributed by atoms with Gasteiger partial charge in [-0.05, 0) is 29.5 Å². The SMILES string of the molecule is CC(C)C1CC(=O)N(Cc2ccc(F)c(C#CCO)c2)C1. The molecule has 1 heterocycles. The van der Waals surface area contributed by atoms with Crippen LogP contribution >= 0.6 is 0 Å². The molecule has 0 radical (unpaired) electrons. The molecule has 1 N–H and O–H groups in total. The Bertz CT molecular complexity index is 586. The number of hydrogen-bond acceptors (Lipinski definition) is 2. The van der Waals surface area contributed by atoms with Crippen molar-refractivity contribution in [2.45, 2.75) is 26.8 Å². The van der Waals surface area contributed by atoms with Gasteiger partial charge in [-0.2, -0.15) is 0 Å². The number of aliphatic hydroxyl groups is 1. The summed E-state index contributed by atoms with van der Waals surface area (Å²) in [5.74, 6) is 5.65. The number of nitrogens with zero attached hydrogens (tertiary/aromatic N) is 1. The summed E-state index contributed by atoms with van der Waals surface area (Å²) in [6, 6.07) is 4.68. The Morgan fingerprint density at radius 3 is 2.86 bits per heavy atom. The van der Waals surface area contributed by atoms with E-state index >= 15 is 0 Å². The van der Waals surface area contributed by atoms with Crippen molar-refractivity contribution in [1.29, 1.82) is 0 Å². The second-order valence-electron chi connectivity index (χ2n) is 5.76. The van der Waals surface area contributed by atoms with Crippen LogP contribution in [0.4, 0.5) is 4.39 Å². The topological polar surface area (TPSA) is 40.5 Å². The molecule has 112 valence electrons. The molecule has 0 aromatic heterocycles. The van der Waals surface area contributed by atoms with E-state index < -0.39 is 5.82 Å². The van der Waals surface area contributed by atoms with Crippen LogP contribution in [-0.2, 0) is 11.3 Å². The number of halogens is 1. The van der Waals surface area contributed by atoms with Crippen molar-refractivity contribution in [2.75, 3.05) is 13.2 Å². The highest BCUT2D eigenvalue weighted by atomic mass is 19.1. The largest absolute Gasteiger partial charge is 0.384 e. The fourth-order valence-corrected chi connectivity index (χ4v) is 2.52. The first-order valence-electron chi connectivity index (χ1n) is 7.17. The van der Waals surface area contributed by atoms with Gasteiger partial charge in [-0.1, -0.05) is 31.8 Å². The van der Waals surface area contributed by atoms with E-state index in [0.717, 1.165) is 12.1 Å². The number of aliphatic hydroxyl groups excluding tert-OH is 1. The molecular weight excluding hydrogens is 269 g/mol. The normalized spacial score (nSPS) is 18.0. The first-order valence-corrected chi connectivity index (χ1v) is 7.17. The molecule has 1 saturated heterocycles. The Labute approximate surface area is 124 Å². The number of amides is 1. The molecule has 1 unspecified atom stereocenters. The third-order valence-electron chi connectivity index (χ3n) is 3.89. The van der Waals surface area contributed by atoms with Crippen molar-refractivity contribution >= 4 is 5.91 Å². The number of carbonyl (C=O) groups excluding carboxylic acids is 1. The van der Waals surface area contributed by atoms with Gasteiger partial charge in [-0.3, -0.25) is 4.79 Å². The Balaban J connectivity index is 2.11. The first-order chi connectivity index (χ1) is 10.0. The maximum absolute atomic E-state index is 13.6. The Morgan fingerprint density at radius 1 is 1.48 bits per heavy atom. The highest BCUT2D eigenvalue weighted by Crippen LogP contribution is 2.26. The Kier molecular flexibility index (Phi) is 4.98. The van der Waals surface area contributed by atoms with Crippen LogP contribution in [-0.4, -0.2) is 29.1 Å². The zero-order valence-electron chi connectivity index (χ0n) is 12.4. The predicted molar refractivity (Wildman–Crippen MR) is 78.7 cm³/mol. The lowest BCUT2D eigenvalue weighted by Crippen LogP contribution is -2.25. The van der Waals surface area contributed by atoms with Gasteiger partial charge in [0.2, 0.25) is 5.91 Å². The van der Waals surface area contributed by atoms with E-state index in [1.165, 1.54) is 6.07 Å². The van der Waals surface area contributed by atoms with E-state index in [2.05, 4.69) is 25.7 Å². The smallest absolute Gasteiger partial charge is 0.223 e. The molecule has 0 aliphatic carbocycles. The molecule has 21 heavy (non-hydrogen) atoms. The molecule has 1 aromatic rings. The van der Waals surface area contributed by atoms with Crippen molar-refractivity contribution in [3.63, 3.8) is 0 Å². The highest BCUT2D eigenvalue weighted by molar-refractivity contribution is 5.78. The summed E-state index contributed by atoms with van der Waals surface area (Å²) in [6.07, 6.45) is 0.593. The Morgan fingerprint density at radius 2 is 2.24 bits per heavy atom. The third kappa shape index (κ3) is 3.83. The number of hydrogen-bond donors (Lipinski definition) is 1. The molecule has 1 aliphatic heterocycles. The van der Waals surface area contributed by atoms with Crippen molar-refractivity contribution < 1.29 is 14.3 Å². The maximum atomic E-state index is 13.6. The molecule has 1 fully saturated rings. The average Bonchev–Trinajstić information content (AvgIpc) is 2.81. The minimum Gasteiger partial charge on any atom is -0.384 e. The summed E-state index contributed by atoms with van der Waals surface area (Å²) in [6.45, 7) is 5.19. The van der Waals surface area contributed by atoms with Crippen LogP contribution in [0.25, 0.3) is 0 Å². The van der Waals surface area contributed by atoms with Crippen LogP contribution in [0.3, 0.4) is 0 Å². The van der Waals surface area contributed by atoms with Crippen molar-refractivity contribution in [2.24, 2.45) is 11.8 Å². The molecule has 3 nitrogen and oxygen atoms in total. The van der Waals surface area contributed by atoms with E-state index in [1.807, 2.05) is 4.90 Å². The van der Waals surface area contributed by atoms with Gasteiger partial charge in [0.05, 0.1) is 5.56 Å². The van der Waals surface area contributed by atoms with Gasteiger partial charge in [0.25, 0.3) is 0 Å². The van der Waals surface area contributed by atoms with Crippen molar-refractivity contribution in [3.8, 4) is 11.8 Å². The number of carbonyl (C=O) groups is 1. The minimum absolute atomic E-state index is 0.154. The van der Waals surface area contributed by atoms with Crippen LogP contribution in [0.15, 0.2) is 18.2 Å². The average molecular weight is 289 g/mol. The summed E-state index contributed by atoms with van der Waals surface area (Å²) in [5, 5.41) is 8.68. The van der Waals surface area contributed by atoms with Gasteiger partial charge in [0, 0.05) is 19.5 Å². The van der Waals surface area contributed by atoms with E-state index in [4.69, 9.17) is 5.11 Å². The van der Waals surface area contributed by atoms with Crippen molar-refractivity contribution in [3.05, 3.63) is 35.1 Å². The molecule has 0 spiro atoms. The lowest BCUT2D eigenvalue weighted by molar-refractivity contribution is -0.128. The summed E-state index contributed by atoms with van der Waals surface area (Å²) < 4.78 is 13.6. The summed E-state index contributed by atoms with van der Waals surface area (Å²) in [7, 11) is 0. The van der Waals surface area contributed by atoms with Gasteiger partial charge in [-0.25, -0.2) is 4.39 Å². The molecule has 0 bridgehead atoms. The second-order valence-corrected chi connectivity index (χ2v) is 5.76. The fraction of sp³-hybridized carbons (Fsp3) is 0.471. The van der Waals surface area contributed by atoms with Crippen LogP contribution in [0.5, 0.6) is 0 Å². The third-order valence-corrected chi connectivity index (χ3v) is 3.89. The molecule has 0 saturated carbocycles. The summed E-state index contributed by atoms with van der Waals surface area (Å²) >= 11 is 0. The predicted octanol–water partition coefficient (Wildman–Crippen LogP) is 2.17. The molecule has 1 aliphatic rings. The van der Waals surface area contributed by atoms with Gasteiger partial charge in [-0.15, -0.1) is 0 Å². The van der Waals surface area contributed by atoms with E-state index in [0.29, 0.717) is 24.8 Å². The molecule has 2 rings (SSSR count). The van der Waals surface area contributed by atoms with Crippen LogP contribution < -0.4 is 0 Å². The number of rotatable bonds is 3. The summed E-state index contributed by atoms with van der Waals surface area (Å²) in [5.41, 5.74) is 1.12. The fourth-order valence-electron chi connectivity index (χ4n) is 2.52. The first kappa shape index (κ1) is 15.5. The van der Waals surface area contributed by atoms with Gasteiger partial charge in [0.15, 0.2) is 0 Å². The van der Waals surface area contributed by atoms with E-state index in [1.54, 1.807) is 12.1 Å². The van der Waals surface area contributed by atoms with Crippen LogP contribution in [0, 0.1) is 29.5 Å². The quantitative estimate of drug-likeness (QED) is 0.866. The standard InChI is InChI=1S/C17H20FNO2/c1-12(2)15-9-17(21)19(11-15)10-13-5-6-16(18)14(8-13)4-3-7-20/h5-6,8,12,15,20H,7,9-11H2,1-2H3. The molecule has 1 aromatic carbocycles. The lowest BCUT2D eigenvalue weighted by atomic mass is 9.95. The molecule has 1 amide bonds. The van der Waals surface area contributed by atoms with Gasteiger partial charge in [0.1, 0.15) is 12.4 Å². The number of benzene rings is 1. The molecular formula is C17H20FNO2. The van der Waals surface area contributed by atoms with E-state index in [9.17, 15) is 9.18 Å². The Hall–Kier alpha value is -1.86. The maximum Gasteiger partial charge on any atom is 0.223 e. The van der Waals surface area contributed by atoms with Gasteiger partial charge >= 0.3 is 0 Å². The van der Waals surface area contributed by atoms with Crippen molar-refractivity contribution in [1.82, 2.24) is 4.90 Å². The summed E-state index contributed by atoms with van der Waals surface area (Å²) in [4.78, 5) is 13.8. The minimum atomic E-state index is -0.410. The molecule has 1 atom stereocenters. The lowest BCUT2D eigenvalue weighted by Gasteiger charge is -2.18. The zero-order chi connectivity index (χ0) is 15.4. The van der Waals surface area contributed by atoms with Crippen LogP contribution in [0.2, 0.25) is 0 Å². The van der Waals surface area contributed by atoms with E-state index in [-0.39, 0.29) is 18.1 Å². The monoisotopic (exact) mass is 289 g/mol. The van der Waals surface area contributed by atoms with Gasteiger partial charge < -0.3 is 10.0 Å². The zero-order valence-corrected chi connectivity index (χ0v) is 12.4. The number of likely N-dealkylation sites (tertiary alicyclic amines) is 1. The highest BCUT2D eigenvalue weighted by Gasteiger charge is 2.31. The second kappa shape index (κ2) is 6.73.